The van der Waals surface area contributed by atoms with E-state index in [1.807, 2.05) is 36.4 Å². The van der Waals surface area contributed by atoms with E-state index >= 15 is 0 Å². The predicted octanol–water partition coefficient (Wildman–Crippen LogP) is 2.65. The van der Waals surface area contributed by atoms with Crippen LogP contribution in [-0.2, 0) is 0 Å². The number of amides is 2. The summed E-state index contributed by atoms with van der Waals surface area (Å²) in [6.45, 7) is 0.172. The first-order valence-electron chi connectivity index (χ1n) is 8.39. The summed E-state index contributed by atoms with van der Waals surface area (Å²) in [4.78, 5) is 28.4. The molecule has 134 valence electrons. The zero-order valence-corrected chi connectivity index (χ0v) is 14.5. The summed E-state index contributed by atoms with van der Waals surface area (Å²) in [5, 5.41) is 7.04. The molecule has 3 rings (SSSR count). The van der Waals surface area contributed by atoms with Gasteiger partial charge in [-0.25, -0.2) is 5.43 Å². The molecule has 0 unspecified atom stereocenters. The number of benzene rings is 2. The molecule has 0 bridgehead atoms. The molecule has 0 aliphatic carbocycles. The van der Waals surface area contributed by atoms with Gasteiger partial charge >= 0.3 is 0 Å². The molecule has 1 aromatic heterocycles. The van der Waals surface area contributed by atoms with Crippen molar-refractivity contribution in [3.05, 3.63) is 102 Å². The van der Waals surface area contributed by atoms with Crippen LogP contribution in [0.15, 0.2) is 90.3 Å². The van der Waals surface area contributed by atoms with Gasteiger partial charge in [-0.3, -0.25) is 14.6 Å². The SMILES string of the molecule is O=C(NC/C(=N/NC(=O)c1cccnc1)c1ccccc1)c1ccccc1. The fourth-order valence-corrected chi connectivity index (χ4v) is 2.37. The number of hydrazone groups is 1. The molecule has 0 radical (unpaired) electrons. The Bertz CT molecular complexity index is 926. The smallest absolute Gasteiger partial charge is 0.272 e. The van der Waals surface area contributed by atoms with Crippen LogP contribution in [0.25, 0.3) is 0 Å². The Hall–Kier alpha value is -3.80. The average Bonchev–Trinajstić information content (AvgIpc) is 2.75. The molecule has 0 saturated heterocycles. The van der Waals surface area contributed by atoms with Crippen molar-refractivity contribution in [2.24, 2.45) is 5.10 Å². The van der Waals surface area contributed by atoms with E-state index < -0.39 is 0 Å². The second-order valence-electron chi connectivity index (χ2n) is 5.66. The van der Waals surface area contributed by atoms with Crippen LogP contribution < -0.4 is 10.7 Å². The van der Waals surface area contributed by atoms with Gasteiger partial charge in [0, 0.05) is 18.0 Å². The minimum atomic E-state index is -0.370. The third-order valence-electron chi connectivity index (χ3n) is 3.78. The highest BCUT2D eigenvalue weighted by molar-refractivity contribution is 6.06. The highest BCUT2D eigenvalue weighted by Gasteiger charge is 2.10. The number of hydrogen-bond donors (Lipinski definition) is 2. The zero-order valence-electron chi connectivity index (χ0n) is 14.5. The van der Waals surface area contributed by atoms with E-state index in [1.54, 1.807) is 42.6 Å². The zero-order chi connectivity index (χ0) is 18.9. The average molecular weight is 358 g/mol. The molecule has 2 aromatic carbocycles. The topological polar surface area (TPSA) is 83.5 Å². The van der Waals surface area contributed by atoms with Crippen LogP contribution in [0.4, 0.5) is 0 Å². The molecule has 2 N–H and O–H groups in total. The van der Waals surface area contributed by atoms with Crippen molar-refractivity contribution in [2.45, 2.75) is 0 Å². The third kappa shape index (κ3) is 5.09. The maximum atomic E-state index is 12.3. The van der Waals surface area contributed by atoms with Crippen LogP contribution in [-0.4, -0.2) is 29.1 Å². The molecule has 0 atom stereocenters. The Kier molecular flexibility index (Phi) is 6.04. The van der Waals surface area contributed by atoms with Gasteiger partial charge in [0.05, 0.1) is 17.8 Å². The van der Waals surface area contributed by atoms with Gasteiger partial charge in [0.2, 0.25) is 0 Å². The number of nitrogens with zero attached hydrogens (tertiary/aromatic N) is 2. The Morgan fingerprint density at radius 3 is 2.04 bits per heavy atom. The number of aromatic nitrogens is 1. The Morgan fingerprint density at radius 2 is 1.41 bits per heavy atom. The van der Waals surface area contributed by atoms with Gasteiger partial charge in [-0.05, 0) is 29.8 Å². The molecular weight excluding hydrogens is 340 g/mol. The van der Waals surface area contributed by atoms with Crippen molar-refractivity contribution in [2.75, 3.05) is 6.54 Å². The summed E-state index contributed by atoms with van der Waals surface area (Å²) in [5.41, 5.74) is 4.83. The maximum Gasteiger partial charge on any atom is 0.272 e. The molecule has 0 saturated carbocycles. The van der Waals surface area contributed by atoms with Crippen molar-refractivity contribution >= 4 is 17.5 Å². The Labute approximate surface area is 157 Å². The second-order valence-corrected chi connectivity index (χ2v) is 5.66. The van der Waals surface area contributed by atoms with E-state index in [0.717, 1.165) is 5.56 Å². The fraction of sp³-hybridized carbons (Fsp3) is 0.0476. The van der Waals surface area contributed by atoms with Crippen molar-refractivity contribution < 1.29 is 9.59 Å². The largest absolute Gasteiger partial charge is 0.346 e. The molecule has 0 spiro atoms. The molecular formula is C21H18N4O2. The van der Waals surface area contributed by atoms with Gasteiger partial charge < -0.3 is 5.32 Å². The second kappa shape index (κ2) is 9.05. The molecule has 6 nitrogen and oxygen atoms in total. The van der Waals surface area contributed by atoms with Gasteiger partial charge in [-0.1, -0.05) is 48.5 Å². The normalized spacial score (nSPS) is 10.9. The van der Waals surface area contributed by atoms with E-state index in [4.69, 9.17) is 0 Å². The molecule has 0 fully saturated rings. The van der Waals surface area contributed by atoms with E-state index in [2.05, 4.69) is 20.8 Å². The van der Waals surface area contributed by atoms with Gasteiger partial charge in [0.1, 0.15) is 0 Å². The van der Waals surface area contributed by atoms with Crippen LogP contribution in [0.5, 0.6) is 0 Å². The monoisotopic (exact) mass is 358 g/mol. The molecule has 6 heteroatoms. The summed E-state index contributed by atoms with van der Waals surface area (Å²) in [7, 11) is 0. The van der Waals surface area contributed by atoms with Gasteiger partial charge in [0.25, 0.3) is 11.8 Å². The lowest BCUT2D eigenvalue weighted by atomic mass is 10.1. The number of pyridine rings is 1. The van der Waals surface area contributed by atoms with E-state index in [1.165, 1.54) is 6.20 Å². The van der Waals surface area contributed by atoms with Crippen LogP contribution in [0.2, 0.25) is 0 Å². The Balaban J connectivity index is 1.73. The summed E-state index contributed by atoms with van der Waals surface area (Å²) in [6, 6.07) is 21.6. The fourth-order valence-electron chi connectivity index (χ4n) is 2.37. The van der Waals surface area contributed by atoms with Gasteiger partial charge in [-0.15, -0.1) is 0 Å². The first kappa shape index (κ1) is 18.0. The predicted molar refractivity (Wildman–Crippen MR) is 103 cm³/mol. The molecule has 3 aromatic rings. The summed E-state index contributed by atoms with van der Waals surface area (Å²) in [5.74, 6) is -0.580. The van der Waals surface area contributed by atoms with E-state index in [0.29, 0.717) is 16.8 Å². The van der Waals surface area contributed by atoms with Crippen LogP contribution >= 0.6 is 0 Å². The van der Waals surface area contributed by atoms with Gasteiger partial charge in [-0.2, -0.15) is 5.10 Å². The lowest BCUT2D eigenvalue weighted by molar-refractivity contribution is 0.0951. The minimum absolute atomic E-state index is 0.172. The lowest BCUT2D eigenvalue weighted by Crippen LogP contribution is -2.32. The quantitative estimate of drug-likeness (QED) is 0.525. The number of carbonyl (C=O) groups excluding carboxylic acids is 2. The summed E-state index contributed by atoms with van der Waals surface area (Å²) < 4.78 is 0. The van der Waals surface area contributed by atoms with E-state index in [9.17, 15) is 9.59 Å². The highest BCUT2D eigenvalue weighted by Crippen LogP contribution is 2.03. The number of nitrogens with one attached hydrogen (secondary N) is 2. The molecule has 0 aliphatic rings. The lowest BCUT2D eigenvalue weighted by Gasteiger charge is -2.09. The highest BCUT2D eigenvalue weighted by atomic mass is 16.2. The van der Waals surface area contributed by atoms with E-state index in [-0.39, 0.29) is 18.4 Å². The minimum Gasteiger partial charge on any atom is -0.346 e. The van der Waals surface area contributed by atoms with Crippen molar-refractivity contribution in [1.82, 2.24) is 15.7 Å². The van der Waals surface area contributed by atoms with Crippen LogP contribution in [0.1, 0.15) is 26.3 Å². The number of carbonyl (C=O) groups is 2. The number of hydrogen-bond acceptors (Lipinski definition) is 4. The molecule has 1 heterocycles. The molecule has 0 aliphatic heterocycles. The third-order valence-corrected chi connectivity index (χ3v) is 3.78. The molecule has 2 amide bonds. The first-order valence-corrected chi connectivity index (χ1v) is 8.39. The van der Waals surface area contributed by atoms with Crippen molar-refractivity contribution in [3.63, 3.8) is 0 Å². The van der Waals surface area contributed by atoms with Crippen LogP contribution in [0, 0.1) is 0 Å². The number of rotatable bonds is 6. The van der Waals surface area contributed by atoms with Crippen molar-refractivity contribution in [3.8, 4) is 0 Å². The van der Waals surface area contributed by atoms with Crippen LogP contribution in [0.3, 0.4) is 0 Å². The standard InChI is InChI=1S/C21H18N4O2/c26-20(17-10-5-2-6-11-17)23-15-19(16-8-3-1-4-9-16)24-25-21(27)18-12-7-13-22-14-18/h1-14H,15H2,(H,23,26)(H,25,27)/b24-19-. The Morgan fingerprint density at radius 1 is 0.778 bits per heavy atom. The summed E-state index contributed by atoms with van der Waals surface area (Å²) >= 11 is 0. The van der Waals surface area contributed by atoms with Crippen molar-refractivity contribution in [1.29, 1.82) is 0 Å². The first-order chi connectivity index (χ1) is 13.2. The molecule has 27 heavy (non-hydrogen) atoms. The maximum absolute atomic E-state index is 12.3. The van der Waals surface area contributed by atoms with Gasteiger partial charge in [0.15, 0.2) is 0 Å². The summed E-state index contributed by atoms with van der Waals surface area (Å²) in [6.07, 6.45) is 3.05.